The first-order chi connectivity index (χ1) is 9.60. The highest BCUT2D eigenvalue weighted by molar-refractivity contribution is 6.17. The average Bonchev–Trinajstić information content (AvgIpc) is 2.48. The summed E-state index contributed by atoms with van der Waals surface area (Å²) in [6.07, 6.45) is 0. The molecule has 2 aromatic carbocycles. The number of nitrogens with zero attached hydrogens (tertiary/aromatic N) is 1. The summed E-state index contributed by atoms with van der Waals surface area (Å²) in [4.78, 5) is 14.1. The summed E-state index contributed by atoms with van der Waals surface area (Å²) in [5.74, 6) is 0.331. The van der Waals surface area contributed by atoms with Crippen molar-refractivity contribution < 1.29 is 4.79 Å². The van der Waals surface area contributed by atoms with Crippen LogP contribution in [0.25, 0.3) is 0 Å². The minimum atomic E-state index is -0.122. The average molecular weight is 289 g/mol. The fourth-order valence-electron chi connectivity index (χ4n) is 1.79. The van der Waals surface area contributed by atoms with Crippen molar-refractivity contribution in [3.8, 4) is 0 Å². The highest BCUT2D eigenvalue weighted by Crippen LogP contribution is 2.16. The van der Waals surface area contributed by atoms with E-state index >= 15 is 0 Å². The molecule has 0 unspecified atom stereocenters. The van der Waals surface area contributed by atoms with Gasteiger partial charge in [-0.3, -0.25) is 4.79 Å². The van der Waals surface area contributed by atoms with Crippen LogP contribution in [0.2, 0.25) is 0 Å². The van der Waals surface area contributed by atoms with Gasteiger partial charge < -0.3 is 10.2 Å². The van der Waals surface area contributed by atoms with Gasteiger partial charge in [-0.05, 0) is 42.0 Å². The molecule has 0 saturated heterocycles. The van der Waals surface area contributed by atoms with E-state index in [-0.39, 0.29) is 5.91 Å². The Labute approximate surface area is 124 Å². The maximum absolute atomic E-state index is 12.1. The summed E-state index contributed by atoms with van der Waals surface area (Å²) in [6.45, 7) is 0. The largest absolute Gasteiger partial charge is 0.378 e. The van der Waals surface area contributed by atoms with Gasteiger partial charge in [0.25, 0.3) is 5.91 Å². The molecule has 0 spiro atoms. The second-order valence-electron chi connectivity index (χ2n) is 4.73. The van der Waals surface area contributed by atoms with E-state index in [2.05, 4.69) is 5.32 Å². The van der Waals surface area contributed by atoms with Crippen LogP contribution in [0.5, 0.6) is 0 Å². The number of carbonyl (C=O) groups is 1. The lowest BCUT2D eigenvalue weighted by Gasteiger charge is -2.13. The van der Waals surface area contributed by atoms with E-state index in [4.69, 9.17) is 11.6 Å². The van der Waals surface area contributed by atoms with Gasteiger partial charge in [0.2, 0.25) is 0 Å². The van der Waals surface area contributed by atoms with Crippen molar-refractivity contribution >= 4 is 28.9 Å². The minimum Gasteiger partial charge on any atom is -0.378 e. The van der Waals surface area contributed by atoms with Crippen molar-refractivity contribution in [2.75, 3.05) is 24.3 Å². The van der Waals surface area contributed by atoms with Crippen LogP contribution in [0.15, 0.2) is 48.5 Å². The molecule has 0 radical (unpaired) electrons. The molecule has 3 nitrogen and oxygen atoms in total. The van der Waals surface area contributed by atoms with E-state index in [1.807, 2.05) is 55.4 Å². The molecule has 1 amide bonds. The number of anilines is 2. The molecule has 0 aliphatic carbocycles. The summed E-state index contributed by atoms with van der Waals surface area (Å²) >= 11 is 5.72. The topological polar surface area (TPSA) is 32.3 Å². The number of hydrogen-bond donors (Lipinski definition) is 1. The smallest absolute Gasteiger partial charge is 0.255 e. The highest BCUT2D eigenvalue weighted by Gasteiger charge is 2.06. The fourth-order valence-corrected chi connectivity index (χ4v) is 1.97. The third kappa shape index (κ3) is 3.52. The monoisotopic (exact) mass is 288 g/mol. The lowest BCUT2D eigenvalue weighted by Crippen LogP contribution is -2.12. The van der Waals surface area contributed by atoms with E-state index in [1.54, 1.807) is 12.1 Å². The molecular weight excluding hydrogens is 272 g/mol. The number of nitrogens with one attached hydrogen (secondary N) is 1. The second kappa shape index (κ2) is 6.44. The predicted octanol–water partition coefficient (Wildman–Crippen LogP) is 3.74. The Bertz CT molecular complexity index is 576. The minimum absolute atomic E-state index is 0.122. The van der Waals surface area contributed by atoms with Gasteiger partial charge in [-0.1, -0.05) is 12.1 Å². The van der Waals surface area contributed by atoms with Crippen molar-refractivity contribution in [2.45, 2.75) is 5.88 Å². The van der Waals surface area contributed by atoms with Gasteiger partial charge >= 0.3 is 0 Å². The summed E-state index contributed by atoms with van der Waals surface area (Å²) < 4.78 is 0. The number of amides is 1. The Hall–Kier alpha value is -2.00. The van der Waals surface area contributed by atoms with Gasteiger partial charge in [-0.25, -0.2) is 0 Å². The van der Waals surface area contributed by atoms with Crippen molar-refractivity contribution in [3.63, 3.8) is 0 Å². The lowest BCUT2D eigenvalue weighted by molar-refractivity contribution is 0.102. The van der Waals surface area contributed by atoms with Crippen molar-refractivity contribution in [3.05, 3.63) is 59.7 Å². The SMILES string of the molecule is CN(C)c1ccc(NC(=O)c2ccc(CCl)cc2)cc1. The Morgan fingerprint density at radius 2 is 1.65 bits per heavy atom. The van der Waals surface area contributed by atoms with E-state index < -0.39 is 0 Å². The zero-order chi connectivity index (χ0) is 14.5. The Kier molecular flexibility index (Phi) is 4.64. The molecule has 2 aromatic rings. The van der Waals surface area contributed by atoms with Crippen LogP contribution >= 0.6 is 11.6 Å². The van der Waals surface area contributed by atoms with E-state index in [1.165, 1.54) is 0 Å². The van der Waals surface area contributed by atoms with Gasteiger partial charge in [0.05, 0.1) is 0 Å². The molecule has 0 heterocycles. The number of carbonyl (C=O) groups excluding carboxylic acids is 1. The first kappa shape index (κ1) is 14.4. The molecule has 0 aliphatic heterocycles. The molecule has 2 rings (SSSR count). The molecule has 20 heavy (non-hydrogen) atoms. The number of halogens is 1. The van der Waals surface area contributed by atoms with Crippen molar-refractivity contribution in [2.24, 2.45) is 0 Å². The first-order valence-electron chi connectivity index (χ1n) is 6.34. The molecule has 0 aromatic heterocycles. The van der Waals surface area contributed by atoms with Gasteiger partial charge in [-0.15, -0.1) is 11.6 Å². The Balaban J connectivity index is 2.06. The predicted molar refractivity (Wildman–Crippen MR) is 84.7 cm³/mol. The molecule has 0 fully saturated rings. The number of benzene rings is 2. The van der Waals surface area contributed by atoms with Crippen LogP contribution in [0, 0.1) is 0 Å². The standard InChI is InChI=1S/C16H17ClN2O/c1-19(2)15-9-7-14(8-10-15)18-16(20)13-5-3-12(11-17)4-6-13/h3-10H,11H2,1-2H3,(H,18,20). The molecular formula is C16H17ClN2O. The van der Waals surface area contributed by atoms with Crippen LogP contribution in [-0.4, -0.2) is 20.0 Å². The molecule has 0 aliphatic rings. The summed E-state index contributed by atoms with van der Waals surface area (Å²) in [5, 5.41) is 2.87. The lowest BCUT2D eigenvalue weighted by atomic mass is 10.1. The van der Waals surface area contributed by atoms with Crippen LogP contribution < -0.4 is 10.2 Å². The quantitative estimate of drug-likeness (QED) is 0.869. The molecule has 0 bridgehead atoms. The number of rotatable bonds is 4. The zero-order valence-electron chi connectivity index (χ0n) is 11.6. The van der Waals surface area contributed by atoms with Gasteiger partial charge in [0.1, 0.15) is 0 Å². The third-order valence-electron chi connectivity index (χ3n) is 3.01. The normalized spacial score (nSPS) is 10.2. The fraction of sp³-hybridized carbons (Fsp3) is 0.188. The molecule has 4 heteroatoms. The Morgan fingerprint density at radius 3 is 2.15 bits per heavy atom. The van der Waals surface area contributed by atoms with Crippen molar-refractivity contribution in [1.29, 1.82) is 0 Å². The molecule has 0 atom stereocenters. The van der Waals surface area contributed by atoms with Gasteiger partial charge in [0.15, 0.2) is 0 Å². The van der Waals surface area contributed by atoms with E-state index in [9.17, 15) is 4.79 Å². The summed E-state index contributed by atoms with van der Waals surface area (Å²) in [7, 11) is 3.96. The maximum atomic E-state index is 12.1. The van der Waals surface area contributed by atoms with Gasteiger partial charge in [0, 0.05) is 36.9 Å². The second-order valence-corrected chi connectivity index (χ2v) is 4.99. The Morgan fingerprint density at radius 1 is 1.05 bits per heavy atom. The van der Waals surface area contributed by atoms with Crippen LogP contribution in [-0.2, 0) is 5.88 Å². The number of alkyl halides is 1. The molecule has 0 saturated carbocycles. The first-order valence-corrected chi connectivity index (χ1v) is 6.87. The summed E-state index contributed by atoms with van der Waals surface area (Å²) in [5.41, 5.74) is 3.49. The third-order valence-corrected chi connectivity index (χ3v) is 3.32. The van der Waals surface area contributed by atoms with Crippen LogP contribution in [0.1, 0.15) is 15.9 Å². The maximum Gasteiger partial charge on any atom is 0.255 e. The van der Waals surface area contributed by atoms with Crippen LogP contribution in [0.4, 0.5) is 11.4 Å². The van der Waals surface area contributed by atoms with Crippen LogP contribution in [0.3, 0.4) is 0 Å². The highest BCUT2D eigenvalue weighted by atomic mass is 35.5. The molecule has 1 N–H and O–H groups in total. The molecule has 104 valence electrons. The van der Waals surface area contributed by atoms with E-state index in [0.717, 1.165) is 16.9 Å². The summed E-state index contributed by atoms with van der Waals surface area (Å²) in [6, 6.07) is 15.0. The van der Waals surface area contributed by atoms with Gasteiger partial charge in [-0.2, -0.15) is 0 Å². The van der Waals surface area contributed by atoms with Crippen molar-refractivity contribution in [1.82, 2.24) is 0 Å². The number of hydrogen-bond acceptors (Lipinski definition) is 2. The zero-order valence-corrected chi connectivity index (χ0v) is 12.3. The van der Waals surface area contributed by atoms with E-state index in [0.29, 0.717) is 11.4 Å².